The minimum Gasteiger partial charge on any atom is -0.368 e. The molecular formula is C19H21ClN2O2. The molecule has 0 saturated carbocycles. The third-order valence-electron chi connectivity index (χ3n) is 4.83. The molecule has 0 aromatic heterocycles. The molecule has 126 valence electrons. The summed E-state index contributed by atoms with van der Waals surface area (Å²) in [4.78, 5) is 29.0. The van der Waals surface area contributed by atoms with E-state index < -0.39 is 0 Å². The Morgan fingerprint density at radius 1 is 0.875 bits per heavy atom. The zero-order chi connectivity index (χ0) is 17.4. The van der Waals surface area contributed by atoms with Crippen molar-refractivity contribution in [1.29, 1.82) is 0 Å². The number of rotatable bonds is 2. The van der Waals surface area contributed by atoms with Crippen LogP contribution in [-0.2, 0) is 9.59 Å². The molecule has 0 radical (unpaired) electrons. The molecule has 1 aliphatic heterocycles. The van der Waals surface area contributed by atoms with Gasteiger partial charge in [0.15, 0.2) is 0 Å². The molecule has 1 fully saturated rings. The Hall–Kier alpha value is -2.07. The fraction of sp³-hybridized carbons (Fsp3) is 0.368. The molecule has 4 nitrogen and oxygen atoms in total. The molecule has 1 aliphatic carbocycles. The van der Waals surface area contributed by atoms with Gasteiger partial charge in [-0.1, -0.05) is 23.7 Å². The van der Waals surface area contributed by atoms with E-state index in [0.29, 0.717) is 29.9 Å². The minimum atomic E-state index is -0.232. The van der Waals surface area contributed by atoms with Crippen molar-refractivity contribution in [1.82, 2.24) is 4.90 Å². The smallest absolute Gasteiger partial charge is 0.206 e. The normalized spacial score (nSPS) is 19.5. The Labute approximate surface area is 147 Å². The van der Waals surface area contributed by atoms with E-state index in [9.17, 15) is 9.59 Å². The Bertz CT molecular complexity index is 771. The van der Waals surface area contributed by atoms with Gasteiger partial charge < -0.3 is 9.80 Å². The molecular weight excluding hydrogens is 324 g/mol. The average Bonchev–Trinajstić information content (AvgIpc) is 2.59. The fourth-order valence-corrected chi connectivity index (χ4v) is 3.53. The number of allylic oxidation sites excluding steroid dienone is 3. The summed E-state index contributed by atoms with van der Waals surface area (Å²) in [5, 5.41) is 0.0621. The van der Waals surface area contributed by atoms with Gasteiger partial charge in [-0.15, -0.1) is 0 Å². The van der Waals surface area contributed by atoms with Gasteiger partial charge in [0.05, 0.1) is 0 Å². The number of hydrogen-bond acceptors (Lipinski definition) is 4. The van der Waals surface area contributed by atoms with Crippen LogP contribution in [-0.4, -0.2) is 42.6 Å². The first kappa shape index (κ1) is 16.8. The second-order valence-corrected chi connectivity index (χ2v) is 6.76. The zero-order valence-electron chi connectivity index (χ0n) is 14.2. The van der Waals surface area contributed by atoms with Gasteiger partial charge in [-0.2, -0.15) is 0 Å². The molecule has 3 rings (SSSR count). The number of aryl methyl sites for hydroxylation is 1. The van der Waals surface area contributed by atoms with Crippen LogP contribution in [0, 0.1) is 6.92 Å². The number of halogens is 1. The Morgan fingerprint density at radius 2 is 1.46 bits per heavy atom. The minimum absolute atomic E-state index is 0.0621. The lowest BCUT2D eigenvalue weighted by atomic mass is 9.93. The maximum absolute atomic E-state index is 12.6. The van der Waals surface area contributed by atoms with Gasteiger partial charge in [0.25, 0.3) is 0 Å². The van der Waals surface area contributed by atoms with E-state index in [4.69, 9.17) is 11.6 Å². The molecule has 0 amide bonds. The van der Waals surface area contributed by atoms with Crippen molar-refractivity contribution >= 4 is 28.9 Å². The van der Waals surface area contributed by atoms with Gasteiger partial charge in [-0.05, 0) is 38.5 Å². The van der Waals surface area contributed by atoms with E-state index in [1.54, 1.807) is 13.8 Å². The number of piperazine rings is 1. The van der Waals surface area contributed by atoms with Crippen LogP contribution < -0.4 is 4.90 Å². The van der Waals surface area contributed by atoms with E-state index in [2.05, 4.69) is 36.1 Å². The molecule has 0 atom stereocenters. The van der Waals surface area contributed by atoms with Crippen LogP contribution in [0.5, 0.6) is 0 Å². The number of carbonyl (C=O) groups excluding carboxylic acids is 2. The van der Waals surface area contributed by atoms with Gasteiger partial charge in [0.2, 0.25) is 11.6 Å². The van der Waals surface area contributed by atoms with Crippen molar-refractivity contribution in [3.05, 3.63) is 51.7 Å². The van der Waals surface area contributed by atoms with Crippen molar-refractivity contribution in [3.8, 4) is 0 Å². The maximum Gasteiger partial charge on any atom is 0.206 e. The van der Waals surface area contributed by atoms with Gasteiger partial charge >= 0.3 is 0 Å². The summed E-state index contributed by atoms with van der Waals surface area (Å²) in [7, 11) is 0. The van der Waals surface area contributed by atoms with Crippen LogP contribution in [0.3, 0.4) is 0 Å². The number of anilines is 1. The third-order valence-corrected chi connectivity index (χ3v) is 5.18. The summed E-state index contributed by atoms with van der Waals surface area (Å²) < 4.78 is 0. The van der Waals surface area contributed by atoms with E-state index in [1.165, 1.54) is 11.3 Å². The van der Waals surface area contributed by atoms with Crippen LogP contribution in [0.2, 0.25) is 0 Å². The SMILES string of the molecule is CC1=C(C)C(=O)C(N2CCN(c3cccc(C)c3)CC2)=C(Cl)C1=O. The van der Waals surface area contributed by atoms with Crippen LogP contribution in [0.15, 0.2) is 46.1 Å². The van der Waals surface area contributed by atoms with Crippen LogP contribution >= 0.6 is 11.6 Å². The molecule has 0 N–H and O–H groups in total. The predicted molar refractivity (Wildman–Crippen MR) is 96.2 cm³/mol. The van der Waals surface area contributed by atoms with Crippen molar-refractivity contribution in [2.45, 2.75) is 20.8 Å². The quantitative estimate of drug-likeness (QED) is 0.773. The first-order valence-electron chi connectivity index (χ1n) is 8.13. The number of carbonyl (C=O) groups is 2. The summed E-state index contributed by atoms with van der Waals surface area (Å²) in [6, 6.07) is 8.39. The molecule has 1 aromatic carbocycles. The largest absolute Gasteiger partial charge is 0.368 e. The Morgan fingerprint density at radius 3 is 2.08 bits per heavy atom. The molecule has 0 bridgehead atoms. The maximum atomic E-state index is 12.6. The summed E-state index contributed by atoms with van der Waals surface area (Å²) in [5.41, 5.74) is 3.74. The third kappa shape index (κ3) is 2.86. The second-order valence-electron chi connectivity index (χ2n) is 6.38. The first-order chi connectivity index (χ1) is 11.4. The predicted octanol–water partition coefficient (Wildman–Crippen LogP) is 3.06. The Kier molecular flexibility index (Phi) is 4.50. The van der Waals surface area contributed by atoms with E-state index in [1.807, 2.05) is 4.90 Å². The van der Waals surface area contributed by atoms with Gasteiger partial charge in [-0.25, -0.2) is 0 Å². The molecule has 1 saturated heterocycles. The first-order valence-corrected chi connectivity index (χ1v) is 8.51. The standard InChI is InChI=1S/C19H21ClN2O2/c1-12-5-4-6-15(11-12)21-7-9-22(10-8-21)17-16(20)18(23)13(2)14(3)19(17)24/h4-6,11H,7-10H2,1-3H3. The molecule has 2 aliphatic rings. The van der Waals surface area contributed by atoms with Crippen LogP contribution in [0.1, 0.15) is 19.4 Å². The van der Waals surface area contributed by atoms with E-state index in [-0.39, 0.29) is 16.6 Å². The summed E-state index contributed by atoms with van der Waals surface area (Å²) >= 11 is 6.22. The fourth-order valence-electron chi connectivity index (χ4n) is 3.19. The molecule has 0 spiro atoms. The average molecular weight is 345 g/mol. The highest BCUT2D eigenvalue weighted by Gasteiger charge is 2.34. The molecule has 1 heterocycles. The second kappa shape index (κ2) is 6.44. The van der Waals surface area contributed by atoms with Crippen LogP contribution in [0.25, 0.3) is 0 Å². The number of hydrogen-bond donors (Lipinski definition) is 0. The summed E-state index contributed by atoms with van der Waals surface area (Å²) in [6.45, 7) is 8.36. The highest BCUT2D eigenvalue weighted by molar-refractivity contribution is 6.49. The highest BCUT2D eigenvalue weighted by Crippen LogP contribution is 2.30. The van der Waals surface area contributed by atoms with Gasteiger partial charge in [0.1, 0.15) is 10.7 Å². The summed E-state index contributed by atoms with van der Waals surface area (Å²) in [6.07, 6.45) is 0. The Balaban J connectivity index is 1.77. The number of ketones is 2. The highest BCUT2D eigenvalue weighted by atomic mass is 35.5. The lowest BCUT2D eigenvalue weighted by Gasteiger charge is -2.39. The topological polar surface area (TPSA) is 40.6 Å². The number of nitrogens with zero attached hydrogens (tertiary/aromatic N) is 2. The monoisotopic (exact) mass is 344 g/mol. The number of benzene rings is 1. The van der Waals surface area contributed by atoms with Crippen molar-refractivity contribution < 1.29 is 9.59 Å². The zero-order valence-corrected chi connectivity index (χ0v) is 15.0. The van der Waals surface area contributed by atoms with Gasteiger partial charge in [0, 0.05) is 43.0 Å². The lowest BCUT2D eigenvalue weighted by molar-refractivity contribution is -0.117. The van der Waals surface area contributed by atoms with Crippen molar-refractivity contribution in [3.63, 3.8) is 0 Å². The molecule has 5 heteroatoms. The van der Waals surface area contributed by atoms with Gasteiger partial charge in [-0.3, -0.25) is 9.59 Å². The number of Topliss-reactive ketones (excluding diaryl/α,β-unsaturated/α-hetero) is 2. The van der Waals surface area contributed by atoms with E-state index in [0.717, 1.165) is 13.1 Å². The van der Waals surface area contributed by atoms with E-state index >= 15 is 0 Å². The van der Waals surface area contributed by atoms with Crippen LogP contribution in [0.4, 0.5) is 5.69 Å². The van der Waals surface area contributed by atoms with Crippen molar-refractivity contribution in [2.24, 2.45) is 0 Å². The summed E-state index contributed by atoms with van der Waals surface area (Å²) in [5.74, 6) is -0.356. The lowest BCUT2D eigenvalue weighted by Crippen LogP contribution is -2.48. The molecule has 0 unspecified atom stereocenters. The van der Waals surface area contributed by atoms with Crippen molar-refractivity contribution in [2.75, 3.05) is 31.1 Å². The molecule has 1 aromatic rings. The molecule has 24 heavy (non-hydrogen) atoms.